The van der Waals surface area contributed by atoms with Crippen LogP contribution in [0.15, 0.2) is 35.7 Å². The van der Waals surface area contributed by atoms with Gasteiger partial charge in [-0.25, -0.2) is 9.78 Å². The Morgan fingerprint density at radius 2 is 1.95 bits per heavy atom. The molecule has 0 saturated carbocycles. The second-order valence-corrected chi connectivity index (χ2v) is 5.72. The van der Waals surface area contributed by atoms with E-state index in [1.807, 2.05) is 56.5 Å². The van der Waals surface area contributed by atoms with Crippen LogP contribution in [0.1, 0.15) is 24.5 Å². The van der Waals surface area contributed by atoms with Gasteiger partial charge in [-0.2, -0.15) is 0 Å². The fourth-order valence-electron chi connectivity index (χ4n) is 1.66. The number of carbonyl (C=O) groups excluding carboxylic acids is 1. The summed E-state index contributed by atoms with van der Waals surface area (Å²) in [5, 5.41) is 8.61. The van der Waals surface area contributed by atoms with Crippen molar-refractivity contribution < 1.29 is 4.79 Å². The zero-order valence-electron chi connectivity index (χ0n) is 11.2. The van der Waals surface area contributed by atoms with Crippen LogP contribution in [0.4, 0.5) is 10.5 Å². The lowest BCUT2D eigenvalue weighted by atomic mass is 10.1. The Morgan fingerprint density at radius 1 is 1.26 bits per heavy atom. The van der Waals surface area contributed by atoms with Crippen molar-refractivity contribution in [1.29, 1.82) is 0 Å². The molecule has 0 aliphatic rings. The summed E-state index contributed by atoms with van der Waals surface area (Å²) in [4.78, 5) is 16.4. The first kappa shape index (κ1) is 13.5. The van der Waals surface area contributed by atoms with E-state index in [0.29, 0.717) is 0 Å². The normalized spacial score (nSPS) is 11.1. The fraction of sp³-hybridized carbons (Fsp3) is 0.286. The van der Waals surface area contributed by atoms with Gasteiger partial charge in [0.2, 0.25) is 0 Å². The molecule has 0 radical (unpaired) electrons. The van der Waals surface area contributed by atoms with Crippen LogP contribution < -0.4 is 10.6 Å². The molecule has 0 atom stereocenters. The first-order valence-corrected chi connectivity index (χ1v) is 6.92. The number of benzene rings is 1. The molecular weight excluding hydrogens is 258 g/mol. The molecule has 19 heavy (non-hydrogen) atoms. The highest BCUT2D eigenvalue weighted by atomic mass is 32.1. The smallest absolute Gasteiger partial charge is 0.319 e. The summed E-state index contributed by atoms with van der Waals surface area (Å²) in [6.45, 7) is 5.83. The third-order valence-corrected chi connectivity index (χ3v) is 3.90. The van der Waals surface area contributed by atoms with Crippen LogP contribution in [0, 0.1) is 6.92 Å². The Morgan fingerprint density at radius 3 is 2.53 bits per heavy atom. The van der Waals surface area contributed by atoms with Crippen LogP contribution in [-0.4, -0.2) is 11.0 Å². The van der Waals surface area contributed by atoms with Gasteiger partial charge in [0.15, 0.2) is 0 Å². The van der Waals surface area contributed by atoms with Crippen LogP contribution in [0.5, 0.6) is 0 Å². The molecule has 2 amide bonds. The minimum atomic E-state index is -0.488. The number of nitrogens with zero attached hydrogens (tertiary/aromatic N) is 1. The molecule has 0 fully saturated rings. The topological polar surface area (TPSA) is 54.0 Å². The second kappa shape index (κ2) is 5.40. The Hall–Kier alpha value is -1.88. The van der Waals surface area contributed by atoms with Crippen LogP contribution >= 0.6 is 11.3 Å². The summed E-state index contributed by atoms with van der Waals surface area (Å²) in [6.07, 6.45) is 0. The van der Waals surface area contributed by atoms with Crippen LogP contribution in [0.3, 0.4) is 0 Å². The average molecular weight is 275 g/mol. The molecule has 0 saturated heterocycles. The highest BCUT2D eigenvalue weighted by molar-refractivity contribution is 7.09. The lowest BCUT2D eigenvalue weighted by molar-refractivity contribution is 0.241. The van der Waals surface area contributed by atoms with E-state index in [1.54, 1.807) is 11.3 Å². The quantitative estimate of drug-likeness (QED) is 0.900. The SMILES string of the molecule is Cc1csc(C(C)(C)NC(=O)Nc2ccccc2)n1. The summed E-state index contributed by atoms with van der Waals surface area (Å²) >= 11 is 1.55. The summed E-state index contributed by atoms with van der Waals surface area (Å²) in [5.41, 5.74) is 1.25. The predicted octanol–water partition coefficient (Wildman–Crippen LogP) is 3.51. The van der Waals surface area contributed by atoms with E-state index in [4.69, 9.17) is 0 Å². The molecule has 2 rings (SSSR count). The average Bonchev–Trinajstić information content (AvgIpc) is 2.77. The number of amides is 2. The van der Waals surface area contributed by atoms with Gasteiger partial charge in [0, 0.05) is 16.8 Å². The van der Waals surface area contributed by atoms with Gasteiger partial charge >= 0.3 is 6.03 Å². The molecule has 1 heterocycles. The fourth-order valence-corrected chi connectivity index (χ4v) is 2.54. The monoisotopic (exact) mass is 275 g/mol. The standard InChI is InChI=1S/C14H17N3OS/c1-10-9-19-12(15-10)14(2,3)17-13(18)16-11-7-5-4-6-8-11/h4-9H,1-3H3,(H2,16,17,18). The van der Waals surface area contributed by atoms with Crippen molar-refractivity contribution in [3.8, 4) is 0 Å². The third-order valence-electron chi connectivity index (χ3n) is 2.61. The molecule has 2 N–H and O–H groups in total. The largest absolute Gasteiger partial charge is 0.326 e. The third kappa shape index (κ3) is 3.54. The van der Waals surface area contributed by atoms with Gasteiger partial charge in [-0.3, -0.25) is 0 Å². The molecule has 0 aliphatic carbocycles. The Kier molecular flexibility index (Phi) is 3.85. The molecule has 5 heteroatoms. The number of urea groups is 1. The summed E-state index contributed by atoms with van der Waals surface area (Å²) < 4.78 is 0. The highest BCUT2D eigenvalue weighted by Gasteiger charge is 2.26. The van der Waals surface area contributed by atoms with Gasteiger partial charge in [-0.1, -0.05) is 18.2 Å². The van der Waals surface area contributed by atoms with Gasteiger partial charge in [0.25, 0.3) is 0 Å². The molecule has 100 valence electrons. The highest BCUT2D eigenvalue weighted by Crippen LogP contribution is 2.23. The van der Waals surface area contributed by atoms with E-state index >= 15 is 0 Å². The number of aromatic nitrogens is 1. The van der Waals surface area contributed by atoms with Crippen LogP contribution in [-0.2, 0) is 5.54 Å². The van der Waals surface area contributed by atoms with Gasteiger partial charge in [0.05, 0.1) is 5.54 Å². The number of thiazole rings is 1. The van der Waals surface area contributed by atoms with E-state index in [9.17, 15) is 4.79 Å². The number of aryl methyl sites for hydroxylation is 1. The summed E-state index contributed by atoms with van der Waals surface area (Å²) in [7, 11) is 0. The maximum absolute atomic E-state index is 12.0. The Labute approximate surface area is 116 Å². The molecule has 0 spiro atoms. The molecular formula is C14H17N3OS. The lowest BCUT2D eigenvalue weighted by Gasteiger charge is -2.24. The van der Waals surface area contributed by atoms with E-state index in [0.717, 1.165) is 16.4 Å². The lowest BCUT2D eigenvalue weighted by Crippen LogP contribution is -2.43. The van der Waals surface area contributed by atoms with Gasteiger partial charge in [0.1, 0.15) is 5.01 Å². The number of rotatable bonds is 3. The predicted molar refractivity (Wildman–Crippen MR) is 78.5 cm³/mol. The number of nitrogens with one attached hydrogen (secondary N) is 2. The number of hydrogen-bond donors (Lipinski definition) is 2. The van der Waals surface area contributed by atoms with E-state index < -0.39 is 5.54 Å². The van der Waals surface area contributed by atoms with E-state index in [-0.39, 0.29) is 6.03 Å². The molecule has 0 aliphatic heterocycles. The van der Waals surface area contributed by atoms with Crippen molar-refractivity contribution in [2.24, 2.45) is 0 Å². The Balaban J connectivity index is 2.02. The number of hydrogen-bond acceptors (Lipinski definition) is 3. The number of anilines is 1. The van der Waals surface area contributed by atoms with Gasteiger partial charge < -0.3 is 10.6 Å². The van der Waals surface area contributed by atoms with Gasteiger partial charge in [-0.05, 0) is 32.9 Å². The molecule has 2 aromatic rings. The molecule has 1 aromatic carbocycles. The minimum Gasteiger partial charge on any atom is -0.326 e. The maximum Gasteiger partial charge on any atom is 0.319 e. The second-order valence-electron chi connectivity index (χ2n) is 4.86. The minimum absolute atomic E-state index is 0.232. The summed E-state index contributed by atoms with van der Waals surface area (Å²) in [5.74, 6) is 0. The van der Waals surface area contributed by atoms with Crippen molar-refractivity contribution >= 4 is 23.1 Å². The van der Waals surface area contributed by atoms with E-state index in [1.165, 1.54) is 0 Å². The number of para-hydroxylation sites is 1. The van der Waals surface area contributed by atoms with Crippen molar-refractivity contribution in [2.75, 3.05) is 5.32 Å². The molecule has 0 bridgehead atoms. The molecule has 4 nitrogen and oxygen atoms in total. The van der Waals surface area contributed by atoms with Crippen molar-refractivity contribution in [1.82, 2.24) is 10.3 Å². The van der Waals surface area contributed by atoms with Crippen LogP contribution in [0.25, 0.3) is 0 Å². The first-order chi connectivity index (χ1) is 8.97. The van der Waals surface area contributed by atoms with Crippen LogP contribution in [0.2, 0.25) is 0 Å². The first-order valence-electron chi connectivity index (χ1n) is 6.04. The van der Waals surface area contributed by atoms with E-state index in [2.05, 4.69) is 15.6 Å². The molecule has 0 unspecified atom stereocenters. The number of carbonyl (C=O) groups is 1. The molecule has 1 aromatic heterocycles. The van der Waals surface area contributed by atoms with Crippen molar-refractivity contribution in [3.05, 3.63) is 46.4 Å². The van der Waals surface area contributed by atoms with Gasteiger partial charge in [-0.15, -0.1) is 11.3 Å². The zero-order valence-corrected chi connectivity index (χ0v) is 12.0. The zero-order chi connectivity index (χ0) is 13.9. The van der Waals surface area contributed by atoms with Crippen molar-refractivity contribution in [2.45, 2.75) is 26.3 Å². The maximum atomic E-state index is 12.0. The summed E-state index contributed by atoms with van der Waals surface area (Å²) in [6, 6.07) is 9.13. The Bertz CT molecular complexity index is 563. The van der Waals surface area contributed by atoms with Crippen molar-refractivity contribution in [3.63, 3.8) is 0 Å².